The van der Waals surface area contributed by atoms with E-state index in [1.807, 2.05) is 30.3 Å². The zero-order chi connectivity index (χ0) is 8.10. The molecule has 2 N–H and O–H groups in total. The first kappa shape index (κ1) is 8.22. The molecule has 0 aliphatic rings. The van der Waals surface area contributed by atoms with Gasteiger partial charge in [0.15, 0.2) is 0 Å². The van der Waals surface area contributed by atoms with Gasteiger partial charge in [0, 0.05) is 0 Å². The van der Waals surface area contributed by atoms with E-state index in [4.69, 9.17) is 5.73 Å². The van der Waals surface area contributed by atoms with Crippen molar-refractivity contribution in [3.05, 3.63) is 35.9 Å². The molecule has 58 valence electrons. The van der Waals surface area contributed by atoms with Crippen LogP contribution in [-0.4, -0.2) is 5.65 Å². The van der Waals surface area contributed by atoms with Gasteiger partial charge in [0.25, 0.3) is 0 Å². The highest BCUT2D eigenvalue weighted by Crippen LogP contribution is 2.16. The van der Waals surface area contributed by atoms with Gasteiger partial charge in [0.2, 0.25) is 5.65 Å². The lowest BCUT2D eigenvalue weighted by Crippen LogP contribution is -2.00. The van der Waals surface area contributed by atoms with Gasteiger partial charge in [-0.25, -0.2) is 0 Å². The number of nitrogens with two attached hydrogens (primary N) is 1. The molecule has 0 aliphatic carbocycles. The molecule has 1 aromatic rings. The van der Waals surface area contributed by atoms with Crippen LogP contribution in [0.1, 0.15) is 5.56 Å². The third-order valence-corrected chi connectivity index (χ3v) is 2.24. The van der Waals surface area contributed by atoms with Crippen molar-refractivity contribution >= 4 is 14.2 Å². The van der Waals surface area contributed by atoms with Crippen LogP contribution in [0.5, 0.6) is 0 Å². The Balaban J connectivity index is 2.45. The highest BCUT2D eigenvalue weighted by Gasteiger charge is 1.94. The van der Waals surface area contributed by atoms with Gasteiger partial charge < -0.3 is 5.73 Å². The van der Waals surface area contributed by atoms with E-state index in [-0.39, 0.29) is 14.2 Å². The molecular weight excluding hydrogens is 157 g/mol. The van der Waals surface area contributed by atoms with Crippen molar-refractivity contribution in [2.75, 3.05) is 0 Å². The molecule has 0 spiro atoms. The fraction of sp³-hybridized carbons (Fsp3) is 0.125. The van der Waals surface area contributed by atoms with Gasteiger partial charge in [-0.1, -0.05) is 30.3 Å². The van der Waals surface area contributed by atoms with Gasteiger partial charge in [-0.15, -0.1) is 0 Å². The van der Waals surface area contributed by atoms with Crippen LogP contribution in [0.25, 0.3) is 0 Å². The average molecular weight is 167 g/mol. The molecule has 0 radical (unpaired) electrons. The molecule has 1 atom stereocenters. The molecular formula is C8H10NOP. The summed E-state index contributed by atoms with van der Waals surface area (Å²) in [7, 11) is 0.205. The number of carbonyl (C=O) groups is 1. The molecule has 2 nitrogen and oxygen atoms in total. The minimum atomic E-state index is -0.214. The van der Waals surface area contributed by atoms with Crippen LogP contribution < -0.4 is 5.73 Å². The smallest absolute Gasteiger partial charge is 0.235 e. The first-order valence-corrected chi connectivity index (χ1v) is 4.57. The summed E-state index contributed by atoms with van der Waals surface area (Å²) in [6.07, 6.45) is 0.774. The predicted molar refractivity (Wildman–Crippen MR) is 48.0 cm³/mol. The maximum Gasteiger partial charge on any atom is 0.235 e. The summed E-state index contributed by atoms with van der Waals surface area (Å²) in [5.41, 5.74) is 5.97. The van der Waals surface area contributed by atoms with Crippen LogP contribution in [0, 0.1) is 0 Å². The average Bonchev–Trinajstić information content (AvgIpc) is 2.03. The van der Waals surface area contributed by atoms with Crippen molar-refractivity contribution in [3.8, 4) is 0 Å². The third-order valence-electron chi connectivity index (χ3n) is 1.31. The van der Waals surface area contributed by atoms with E-state index in [9.17, 15) is 4.79 Å². The maximum atomic E-state index is 10.4. The summed E-state index contributed by atoms with van der Waals surface area (Å²) in [4.78, 5) is 10.4. The fourth-order valence-electron chi connectivity index (χ4n) is 0.785. The molecule has 1 unspecified atom stereocenters. The highest BCUT2D eigenvalue weighted by molar-refractivity contribution is 7.56. The Hall–Kier alpha value is -0.880. The Labute approximate surface area is 67.6 Å². The fourth-order valence-corrected chi connectivity index (χ4v) is 1.40. The van der Waals surface area contributed by atoms with Gasteiger partial charge in [0.05, 0.1) is 0 Å². The van der Waals surface area contributed by atoms with Gasteiger partial charge in [0.1, 0.15) is 0 Å². The summed E-state index contributed by atoms with van der Waals surface area (Å²) in [5.74, 6) is 0. The largest absolute Gasteiger partial charge is 0.366 e. The van der Waals surface area contributed by atoms with E-state index >= 15 is 0 Å². The van der Waals surface area contributed by atoms with Crippen molar-refractivity contribution < 1.29 is 4.79 Å². The third kappa shape index (κ3) is 3.15. The lowest BCUT2D eigenvalue weighted by atomic mass is 10.2. The first-order chi connectivity index (χ1) is 5.29. The Morgan fingerprint density at radius 2 is 2.00 bits per heavy atom. The quantitative estimate of drug-likeness (QED) is 0.687. The van der Waals surface area contributed by atoms with E-state index in [2.05, 4.69) is 0 Å². The Bertz CT molecular complexity index is 235. The second-order valence-electron chi connectivity index (χ2n) is 2.20. The maximum absolute atomic E-state index is 10.4. The second kappa shape index (κ2) is 4.09. The molecule has 0 saturated carbocycles. The molecule has 0 bridgehead atoms. The number of amides is 1. The Kier molecular flexibility index (Phi) is 3.06. The molecule has 0 aromatic heterocycles. The van der Waals surface area contributed by atoms with Crippen molar-refractivity contribution in [3.63, 3.8) is 0 Å². The zero-order valence-electron chi connectivity index (χ0n) is 6.08. The minimum absolute atomic E-state index is 0.205. The lowest BCUT2D eigenvalue weighted by Gasteiger charge is -1.96. The molecule has 0 saturated heterocycles. The highest BCUT2D eigenvalue weighted by atomic mass is 31.1. The van der Waals surface area contributed by atoms with Gasteiger partial charge in [-0.2, -0.15) is 0 Å². The Morgan fingerprint density at radius 1 is 1.36 bits per heavy atom. The van der Waals surface area contributed by atoms with Crippen LogP contribution in [0.4, 0.5) is 4.79 Å². The number of rotatable bonds is 3. The molecule has 0 aliphatic heterocycles. The summed E-state index contributed by atoms with van der Waals surface area (Å²) in [6, 6.07) is 9.87. The SMILES string of the molecule is NC(=O)PCc1ccccc1. The molecule has 0 heterocycles. The monoisotopic (exact) mass is 167 g/mol. The molecule has 3 heteroatoms. The number of carbonyl (C=O) groups excluding carboxylic acids is 1. The second-order valence-corrected chi connectivity index (χ2v) is 3.40. The van der Waals surface area contributed by atoms with Crippen molar-refractivity contribution in [1.29, 1.82) is 0 Å². The van der Waals surface area contributed by atoms with Crippen LogP contribution in [0.15, 0.2) is 30.3 Å². The van der Waals surface area contributed by atoms with Gasteiger partial charge >= 0.3 is 0 Å². The van der Waals surface area contributed by atoms with E-state index in [1.165, 1.54) is 5.56 Å². The van der Waals surface area contributed by atoms with Gasteiger partial charge in [-0.3, -0.25) is 4.79 Å². The van der Waals surface area contributed by atoms with E-state index < -0.39 is 0 Å². The van der Waals surface area contributed by atoms with E-state index in [0.717, 1.165) is 6.16 Å². The van der Waals surface area contributed by atoms with Gasteiger partial charge in [-0.05, 0) is 20.3 Å². The number of benzene rings is 1. The predicted octanol–water partition coefficient (Wildman–Crippen LogP) is 1.94. The van der Waals surface area contributed by atoms with Crippen LogP contribution in [0.2, 0.25) is 0 Å². The molecule has 0 fully saturated rings. The molecule has 1 rings (SSSR count). The van der Waals surface area contributed by atoms with Crippen LogP contribution in [-0.2, 0) is 6.16 Å². The normalized spacial score (nSPS) is 10.5. The minimum Gasteiger partial charge on any atom is -0.366 e. The first-order valence-electron chi connectivity index (χ1n) is 3.36. The zero-order valence-corrected chi connectivity index (χ0v) is 7.08. The number of hydrogen-bond acceptors (Lipinski definition) is 1. The topological polar surface area (TPSA) is 43.1 Å². The van der Waals surface area contributed by atoms with Crippen molar-refractivity contribution in [2.24, 2.45) is 5.73 Å². The lowest BCUT2D eigenvalue weighted by molar-refractivity contribution is 0.267. The van der Waals surface area contributed by atoms with Crippen LogP contribution >= 0.6 is 8.58 Å². The summed E-state index contributed by atoms with van der Waals surface area (Å²) in [5, 5.41) is 0. The van der Waals surface area contributed by atoms with Crippen LogP contribution in [0.3, 0.4) is 0 Å². The summed E-state index contributed by atoms with van der Waals surface area (Å²) >= 11 is 0. The van der Waals surface area contributed by atoms with E-state index in [0.29, 0.717) is 0 Å². The number of hydrogen-bond donors (Lipinski definition) is 1. The Morgan fingerprint density at radius 3 is 2.55 bits per heavy atom. The van der Waals surface area contributed by atoms with E-state index in [1.54, 1.807) is 0 Å². The molecule has 11 heavy (non-hydrogen) atoms. The standard InChI is InChI=1S/C8H10NOP/c9-8(10)11-6-7-4-2-1-3-5-7/h1-5,11H,6H2,(H2,9,10). The molecule has 1 aromatic carbocycles. The number of primary amides is 1. The summed E-state index contributed by atoms with van der Waals surface area (Å²) < 4.78 is 0. The van der Waals surface area contributed by atoms with Crippen molar-refractivity contribution in [2.45, 2.75) is 6.16 Å². The summed E-state index contributed by atoms with van der Waals surface area (Å²) in [6.45, 7) is 0. The van der Waals surface area contributed by atoms with Crippen molar-refractivity contribution in [1.82, 2.24) is 0 Å². The molecule has 1 amide bonds.